The predicted octanol–water partition coefficient (Wildman–Crippen LogP) is 1.95. The van der Waals surface area contributed by atoms with Crippen molar-refractivity contribution in [1.82, 2.24) is 19.6 Å². The standard InChI is InChI=1S/C23H27N7O2/c1-25-10-12-29(3)23(32)18(14-24)21(26-2)22(31)27-17-9-11-30-15-19(28-20(30)13-17)16-7-5-4-6-8-16/h4-9,11,13-15,18,24-25H,10,12H2,1-3H3,(H,27,31). The van der Waals surface area contributed by atoms with E-state index in [0.717, 1.165) is 17.5 Å². The molecule has 166 valence electrons. The van der Waals surface area contributed by atoms with Gasteiger partial charge in [0.2, 0.25) is 5.91 Å². The number of hydrogen-bond acceptors (Lipinski definition) is 6. The fraction of sp³-hybridized carbons (Fsp3) is 0.261. The van der Waals surface area contributed by atoms with Crippen molar-refractivity contribution in [3.05, 3.63) is 54.9 Å². The summed E-state index contributed by atoms with van der Waals surface area (Å²) >= 11 is 0. The highest BCUT2D eigenvalue weighted by molar-refractivity contribution is 6.49. The quantitative estimate of drug-likeness (QED) is 0.448. The fourth-order valence-corrected chi connectivity index (χ4v) is 3.28. The molecule has 0 aliphatic rings. The van der Waals surface area contributed by atoms with Gasteiger partial charge < -0.3 is 25.3 Å². The van der Waals surface area contributed by atoms with Crippen molar-refractivity contribution in [2.75, 3.05) is 39.5 Å². The highest BCUT2D eigenvalue weighted by atomic mass is 16.2. The molecule has 2 heterocycles. The number of pyridine rings is 1. The van der Waals surface area contributed by atoms with Crippen LogP contribution in [0, 0.1) is 11.3 Å². The highest BCUT2D eigenvalue weighted by Crippen LogP contribution is 2.20. The molecule has 0 fully saturated rings. The zero-order chi connectivity index (χ0) is 23.1. The largest absolute Gasteiger partial charge is 0.344 e. The van der Waals surface area contributed by atoms with E-state index in [0.29, 0.717) is 24.4 Å². The van der Waals surface area contributed by atoms with Gasteiger partial charge in [0.15, 0.2) is 0 Å². The lowest BCUT2D eigenvalue weighted by molar-refractivity contribution is -0.130. The molecule has 0 saturated carbocycles. The molecule has 1 atom stereocenters. The summed E-state index contributed by atoms with van der Waals surface area (Å²) in [4.78, 5) is 35.7. The first-order valence-electron chi connectivity index (χ1n) is 10.2. The Hall–Kier alpha value is -3.85. The summed E-state index contributed by atoms with van der Waals surface area (Å²) in [6, 6.07) is 13.3. The van der Waals surface area contributed by atoms with Crippen LogP contribution in [-0.2, 0) is 9.59 Å². The van der Waals surface area contributed by atoms with Crippen LogP contribution in [0.3, 0.4) is 0 Å². The minimum atomic E-state index is -1.05. The van der Waals surface area contributed by atoms with Crippen molar-refractivity contribution in [3.8, 4) is 11.3 Å². The van der Waals surface area contributed by atoms with Crippen LogP contribution in [0.15, 0.2) is 59.9 Å². The van der Waals surface area contributed by atoms with E-state index in [1.807, 2.05) is 40.9 Å². The molecule has 0 radical (unpaired) electrons. The normalized spacial score (nSPS) is 12.4. The molecule has 0 bridgehead atoms. The van der Waals surface area contributed by atoms with Gasteiger partial charge in [-0.3, -0.25) is 14.6 Å². The van der Waals surface area contributed by atoms with Gasteiger partial charge in [0.1, 0.15) is 17.3 Å². The third-order valence-electron chi connectivity index (χ3n) is 5.06. The summed E-state index contributed by atoms with van der Waals surface area (Å²) in [5.41, 5.74) is 2.99. The summed E-state index contributed by atoms with van der Waals surface area (Å²) in [6.07, 6.45) is 4.67. The Morgan fingerprint density at radius 3 is 2.69 bits per heavy atom. The van der Waals surface area contributed by atoms with Gasteiger partial charge in [0, 0.05) is 63.1 Å². The van der Waals surface area contributed by atoms with Crippen LogP contribution in [0.5, 0.6) is 0 Å². The van der Waals surface area contributed by atoms with E-state index in [4.69, 9.17) is 5.41 Å². The molecule has 3 N–H and O–H groups in total. The molecule has 0 aliphatic heterocycles. The van der Waals surface area contributed by atoms with Gasteiger partial charge in [-0.05, 0) is 13.1 Å². The maximum absolute atomic E-state index is 12.9. The lowest BCUT2D eigenvalue weighted by atomic mass is 10.0. The van der Waals surface area contributed by atoms with Crippen LogP contribution >= 0.6 is 0 Å². The van der Waals surface area contributed by atoms with Gasteiger partial charge in [-0.15, -0.1) is 0 Å². The maximum Gasteiger partial charge on any atom is 0.270 e. The number of fused-ring (bicyclic) bond motifs is 1. The van der Waals surface area contributed by atoms with E-state index in [1.54, 1.807) is 32.4 Å². The first-order valence-corrected chi connectivity index (χ1v) is 10.2. The smallest absolute Gasteiger partial charge is 0.270 e. The van der Waals surface area contributed by atoms with Gasteiger partial charge in [-0.25, -0.2) is 4.98 Å². The number of rotatable bonds is 9. The first kappa shape index (κ1) is 22.8. The molecule has 32 heavy (non-hydrogen) atoms. The van der Waals surface area contributed by atoms with Crippen molar-refractivity contribution >= 4 is 35.1 Å². The van der Waals surface area contributed by atoms with Gasteiger partial charge in [-0.1, -0.05) is 30.3 Å². The summed E-state index contributed by atoms with van der Waals surface area (Å²) in [5, 5.41) is 13.4. The Kier molecular flexibility index (Phi) is 7.45. The summed E-state index contributed by atoms with van der Waals surface area (Å²) < 4.78 is 1.87. The van der Waals surface area contributed by atoms with Crippen molar-refractivity contribution in [1.29, 1.82) is 5.41 Å². The summed E-state index contributed by atoms with van der Waals surface area (Å²) in [5.74, 6) is -1.94. The summed E-state index contributed by atoms with van der Waals surface area (Å²) in [6.45, 7) is 1.06. The molecule has 9 heteroatoms. The van der Waals surface area contributed by atoms with Crippen LogP contribution in [0.4, 0.5) is 5.69 Å². The van der Waals surface area contributed by atoms with Gasteiger partial charge >= 0.3 is 0 Å². The van der Waals surface area contributed by atoms with Crippen molar-refractivity contribution in [2.24, 2.45) is 10.9 Å². The Morgan fingerprint density at radius 2 is 2.03 bits per heavy atom. The Balaban J connectivity index is 1.78. The molecule has 1 unspecified atom stereocenters. The number of benzene rings is 1. The lowest BCUT2D eigenvalue weighted by Gasteiger charge is -2.22. The van der Waals surface area contributed by atoms with Gasteiger partial charge in [0.25, 0.3) is 5.91 Å². The second-order valence-corrected chi connectivity index (χ2v) is 7.24. The molecule has 0 aliphatic carbocycles. The third-order valence-corrected chi connectivity index (χ3v) is 5.06. The maximum atomic E-state index is 12.9. The van der Waals surface area contributed by atoms with E-state index >= 15 is 0 Å². The van der Waals surface area contributed by atoms with E-state index in [1.165, 1.54) is 11.9 Å². The Labute approximate surface area is 186 Å². The van der Waals surface area contributed by atoms with Gasteiger partial charge in [0.05, 0.1) is 5.69 Å². The molecule has 3 rings (SSSR count). The predicted molar refractivity (Wildman–Crippen MR) is 126 cm³/mol. The molecule has 9 nitrogen and oxygen atoms in total. The summed E-state index contributed by atoms with van der Waals surface area (Å²) in [7, 11) is 4.87. The molecule has 3 aromatic rings. The number of aromatic nitrogens is 2. The molecule has 0 spiro atoms. The van der Waals surface area contributed by atoms with Crippen LogP contribution in [0.2, 0.25) is 0 Å². The third kappa shape index (κ3) is 5.06. The minimum Gasteiger partial charge on any atom is -0.344 e. The number of anilines is 1. The van der Waals surface area contributed by atoms with E-state index < -0.39 is 11.8 Å². The van der Waals surface area contributed by atoms with E-state index in [9.17, 15) is 9.59 Å². The molecular weight excluding hydrogens is 406 g/mol. The lowest BCUT2D eigenvalue weighted by Crippen LogP contribution is -2.43. The zero-order valence-electron chi connectivity index (χ0n) is 18.4. The fourth-order valence-electron chi connectivity index (χ4n) is 3.28. The number of aliphatic imine (C=N–C) groups is 1. The number of carbonyl (C=O) groups excluding carboxylic acids is 2. The number of likely N-dealkylation sites (N-methyl/N-ethyl adjacent to an activating group) is 2. The number of imidazole rings is 1. The topological polar surface area (TPSA) is 115 Å². The monoisotopic (exact) mass is 433 g/mol. The number of carbonyl (C=O) groups is 2. The first-order chi connectivity index (χ1) is 15.5. The van der Waals surface area contributed by atoms with Crippen molar-refractivity contribution in [3.63, 3.8) is 0 Å². The number of nitrogens with one attached hydrogen (secondary N) is 3. The number of nitrogens with zero attached hydrogens (tertiary/aromatic N) is 4. The minimum absolute atomic E-state index is 0.0190. The second-order valence-electron chi connectivity index (χ2n) is 7.24. The number of amides is 2. The number of hydrogen-bond donors (Lipinski definition) is 3. The van der Waals surface area contributed by atoms with Crippen LogP contribution in [0.1, 0.15) is 0 Å². The van der Waals surface area contributed by atoms with Crippen LogP contribution in [0.25, 0.3) is 16.9 Å². The molecular formula is C23H27N7O2. The highest BCUT2D eigenvalue weighted by Gasteiger charge is 2.29. The van der Waals surface area contributed by atoms with Crippen LogP contribution in [-0.4, -0.2) is 72.3 Å². The Bertz CT molecular complexity index is 1140. The van der Waals surface area contributed by atoms with E-state index in [2.05, 4.69) is 20.6 Å². The average molecular weight is 434 g/mol. The van der Waals surface area contributed by atoms with E-state index in [-0.39, 0.29) is 11.6 Å². The zero-order valence-corrected chi connectivity index (χ0v) is 18.4. The molecule has 1 aromatic carbocycles. The Morgan fingerprint density at radius 1 is 1.28 bits per heavy atom. The van der Waals surface area contributed by atoms with Crippen LogP contribution < -0.4 is 10.6 Å². The molecule has 2 amide bonds. The van der Waals surface area contributed by atoms with Gasteiger partial charge in [-0.2, -0.15) is 0 Å². The van der Waals surface area contributed by atoms with Crippen molar-refractivity contribution < 1.29 is 9.59 Å². The average Bonchev–Trinajstić information content (AvgIpc) is 3.24. The van der Waals surface area contributed by atoms with Crippen molar-refractivity contribution in [2.45, 2.75) is 0 Å². The molecule has 2 aromatic heterocycles. The SMILES string of the molecule is CN=C(C(=O)Nc1ccn2cc(-c3ccccc3)nc2c1)C(C=N)C(=O)N(C)CCNC. The molecule has 0 saturated heterocycles. The second kappa shape index (κ2) is 10.5.